The molecule has 1 heterocycles. The van der Waals surface area contributed by atoms with Crippen LogP contribution in [0.15, 0.2) is 17.0 Å². The van der Waals surface area contributed by atoms with Crippen LogP contribution in [0.1, 0.15) is 19.3 Å². The van der Waals surface area contributed by atoms with Gasteiger partial charge in [0.1, 0.15) is 12.0 Å². The molecule has 0 spiro atoms. The van der Waals surface area contributed by atoms with Crippen LogP contribution in [0.25, 0.3) is 0 Å². The Balaban J connectivity index is 1.95. The van der Waals surface area contributed by atoms with Crippen molar-refractivity contribution in [2.24, 2.45) is 11.7 Å². The molecule has 2 atom stereocenters. The first-order chi connectivity index (χ1) is 6.77. The Morgan fingerprint density at radius 3 is 3.07 bits per heavy atom. The first-order valence-corrected chi connectivity index (χ1v) is 4.73. The van der Waals surface area contributed by atoms with Crippen LogP contribution < -0.4 is 11.1 Å². The first kappa shape index (κ1) is 9.21. The minimum atomic E-state index is -0.0649. The van der Waals surface area contributed by atoms with Gasteiger partial charge in [0.2, 0.25) is 5.91 Å². The van der Waals surface area contributed by atoms with E-state index >= 15 is 0 Å². The van der Waals surface area contributed by atoms with E-state index in [0.717, 1.165) is 19.3 Å². The van der Waals surface area contributed by atoms with E-state index in [4.69, 9.17) is 5.73 Å². The van der Waals surface area contributed by atoms with Crippen molar-refractivity contribution >= 4 is 11.6 Å². The van der Waals surface area contributed by atoms with Gasteiger partial charge in [-0.15, -0.1) is 0 Å². The van der Waals surface area contributed by atoms with Crippen molar-refractivity contribution in [1.29, 1.82) is 0 Å². The van der Waals surface area contributed by atoms with Crippen LogP contribution in [-0.4, -0.2) is 17.1 Å². The molecule has 0 radical (unpaired) electrons. The molecule has 1 fully saturated rings. The molecule has 3 N–H and O–H groups in total. The number of rotatable bonds is 2. The lowest BCUT2D eigenvalue weighted by atomic mass is 10.0. The summed E-state index contributed by atoms with van der Waals surface area (Å²) in [6.07, 6.45) is 5.71. The summed E-state index contributed by atoms with van der Waals surface area (Å²) in [6.45, 7) is 0. The Morgan fingerprint density at radius 2 is 2.50 bits per heavy atom. The van der Waals surface area contributed by atoms with E-state index in [0.29, 0.717) is 5.69 Å². The second kappa shape index (κ2) is 3.79. The van der Waals surface area contributed by atoms with Gasteiger partial charge in [0.15, 0.2) is 0 Å². The number of carbonyl (C=O) groups excluding carboxylic acids is 1. The number of nitrogens with zero attached hydrogens (tertiary/aromatic N) is 1. The molecule has 1 aliphatic carbocycles. The number of nitrogens with two attached hydrogens (primary N) is 1. The number of carbonyl (C=O) groups is 1. The molecule has 5 heteroatoms. The van der Waals surface area contributed by atoms with E-state index in [-0.39, 0.29) is 17.9 Å². The minimum absolute atomic E-state index is 0.00476. The van der Waals surface area contributed by atoms with Crippen LogP contribution in [0.3, 0.4) is 0 Å². The van der Waals surface area contributed by atoms with Crippen LogP contribution in [-0.2, 0) is 4.79 Å². The number of aromatic nitrogens is 1. The molecule has 0 bridgehead atoms. The predicted molar refractivity (Wildman–Crippen MR) is 50.4 cm³/mol. The normalized spacial score (nSPS) is 26.4. The minimum Gasteiger partial charge on any atom is -0.363 e. The van der Waals surface area contributed by atoms with Crippen LogP contribution in [0.4, 0.5) is 5.69 Å². The summed E-state index contributed by atoms with van der Waals surface area (Å²) >= 11 is 0. The number of anilines is 1. The van der Waals surface area contributed by atoms with Crippen molar-refractivity contribution in [3.63, 3.8) is 0 Å². The van der Waals surface area contributed by atoms with Gasteiger partial charge in [0.05, 0.1) is 12.1 Å². The molecule has 1 aromatic heterocycles. The third-order valence-corrected chi connectivity index (χ3v) is 2.61. The van der Waals surface area contributed by atoms with Gasteiger partial charge in [0, 0.05) is 6.04 Å². The summed E-state index contributed by atoms with van der Waals surface area (Å²) in [5, 5.41) is 6.22. The molecular formula is C9H13N3O2. The summed E-state index contributed by atoms with van der Waals surface area (Å²) in [5.74, 6) is -0.0944. The van der Waals surface area contributed by atoms with E-state index in [9.17, 15) is 4.79 Å². The smallest absolute Gasteiger partial charge is 0.229 e. The van der Waals surface area contributed by atoms with Gasteiger partial charge < -0.3 is 15.6 Å². The molecule has 76 valence electrons. The molecular weight excluding hydrogens is 182 g/mol. The zero-order valence-corrected chi connectivity index (χ0v) is 7.77. The summed E-state index contributed by atoms with van der Waals surface area (Å²) < 4.78 is 4.61. The fourth-order valence-electron chi connectivity index (χ4n) is 1.82. The van der Waals surface area contributed by atoms with Crippen molar-refractivity contribution < 1.29 is 9.32 Å². The monoisotopic (exact) mass is 195 g/mol. The van der Waals surface area contributed by atoms with E-state index in [1.165, 1.54) is 12.5 Å². The quantitative estimate of drug-likeness (QED) is 0.729. The second-order valence-electron chi connectivity index (χ2n) is 3.60. The molecule has 1 amide bonds. The van der Waals surface area contributed by atoms with E-state index < -0.39 is 0 Å². The number of hydrogen-bond donors (Lipinski definition) is 2. The highest BCUT2D eigenvalue weighted by molar-refractivity contribution is 5.92. The van der Waals surface area contributed by atoms with Gasteiger partial charge in [-0.2, -0.15) is 0 Å². The fourth-order valence-corrected chi connectivity index (χ4v) is 1.82. The van der Waals surface area contributed by atoms with Crippen LogP contribution >= 0.6 is 0 Å². The summed E-state index contributed by atoms with van der Waals surface area (Å²) in [6, 6.07) is -0.00476. The Bertz CT molecular complexity index is 310. The third-order valence-electron chi connectivity index (χ3n) is 2.61. The lowest BCUT2D eigenvalue weighted by Gasteiger charge is -2.13. The Labute approximate surface area is 81.6 Å². The SMILES string of the molecule is NC1CCCC1C(=O)Nc1cnoc1. The average molecular weight is 195 g/mol. The van der Waals surface area contributed by atoms with Crippen molar-refractivity contribution in [3.8, 4) is 0 Å². The number of amides is 1. The first-order valence-electron chi connectivity index (χ1n) is 4.73. The van der Waals surface area contributed by atoms with Crippen LogP contribution in [0.2, 0.25) is 0 Å². The van der Waals surface area contributed by atoms with E-state index in [2.05, 4.69) is 15.0 Å². The molecule has 2 rings (SSSR count). The topological polar surface area (TPSA) is 81.2 Å². The van der Waals surface area contributed by atoms with Gasteiger partial charge in [-0.3, -0.25) is 4.79 Å². The molecule has 0 aromatic carbocycles. The lowest BCUT2D eigenvalue weighted by molar-refractivity contribution is -0.120. The van der Waals surface area contributed by atoms with E-state index in [1.807, 2.05) is 0 Å². The molecule has 1 aliphatic rings. The third kappa shape index (κ3) is 1.77. The number of nitrogens with one attached hydrogen (secondary N) is 1. The van der Waals surface area contributed by atoms with Crippen molar-refractivity contribution in [2.75, 3.05) is 5.32 Å². The second-order valence-corrected chi connectivity index (χ2v) is 3.60. The highest BCUT2D eigenvalue weighted by atomic mass is 16.5. The molecule has 1 aromatic rings. The van der Waals surface area contributed by atoms with Gasteiger partial charge in [-0.1, -0.05) is 11.6 Å². The zero-order chi connectivity index (χ0) is 9.97. The molecule has 5 nitrogen and oxygen atoms in total. The van der Waals surface area contributed by atoms with Gasteiger partial charge in [-0.05, 0) is 12.8 Å². The standard InChI is InChI=1S/C9H13N3O2/c10-8-3-1-2-7(8)9(13)12-6-4-11-14-5-6/h4-5,7-8H,1-3,10H2,(H,12,13). The zero-order valence-electron chi connectivity index (χ0n) is 7.77. The molecule has 2 unspecified atom stereocenters. The highest BCUT2D eigenvalue weighted by Gasteiger charge is 2.30. The molecule has 0 saturated heterocycles. The fraction of sp³-hybridized carbons (Fsp3) is 0.556. The van der Waals surface area contributed by atoms with Crippen molar-refractivity contribution in [3.05, 3.63) is 12.5 Å². The largest absolute Gasteiger partial charge is 0.363 e. The molecule has 0 aliphatic heterocycles. The van der Waals surface area contributed by atoms with Gasteiger partial charge in [0.25, 0.3) is 0 Å². The average Bonchev–Trinajstić information content (AvgIpc) is 2.75. The van der Waals surface area contributed by atoms with Gasteiger partial charge >= 0.3 is 0 Å². The maximum atomic E-state index is 11.7. The maximum Gasteiger partial charge on any atom is 0.229 e. The maximum absolute atomic E-state index is 11.7. The summed E-state index contributed by atoms with van der Waals surface area (Å²) in [7, 11) is 0. The van der Waals surface area contributed by atoms with Crippen LogP contribution in [0.5, 0.6) is 0 Å². The highest BCUT2D eigenvalue weighted by Crippen LogP contribution is 2.25. The molecule has 1 saturated carbocycles. The van der Waals surface area contributed by atoms with Crippen LogP contribution in [0, 0.1) is 5.92 Å². The van der Waals surface area contributed by atoms with Crippen molar-refractivity contribution in [1.82, 2.24) is 5.16 Å². The Morgan fingerprint density at radius 1 is 1.64 bits per heavy atom. The Kier molecular flexibility index (Phi) is 2.49. The predicted octanol–water partition coefficient (Wildman–Crippen LogP) is 0.740. The number of hydrogen-bond acceptors (Lipinski definition) is 4. The van der Waals surface area contributed by atoms with Gasteiger partial charge in [-0.25, -0.2) is 0 Å². The molecule has 14 heavy (non-hydrogen) atoms. The Hall–Kier alpha value is -1.36. The summed E-state index contributed by atoms with van der Waals surface area (Å²) in [5.41, 5.74) is 6.40. The summed E-state index contributed by atoms with van der Waals surface area (Å²) in [4.78, 5) is 11.7. The van der Waals surface area contributed by atoms with E-state index in [1.54, 1.807) is 0 Å². The lowest BCUT2D eigenvalue weighted by Crippen LogP contribution is -2.34. The van der Waals surface area contributed by atoms with Crippen molar-refractivity contribution in [2.45, 2.75) is 25.3 Å².